The van der Waals surface area contributed by atoms with Crippen LogP contribution in [0.5, 0.6) is 0 Å². The third-order valence-electron chi connectivity index (χ3n) is 3.71. The smallest absolute Gasteiger partial charge is 0.338 e. The van der Waals surface area contributed by atoms with Crippen molar-refractivity contribution in [3.63, 3.8) is 0 Å². The number of amides is 1. The zero-order valence-corrected chi connectivity index (χ0v) is 15.4. The fraction of sp³-hybridized carbons (Fsp3) is 0.278. The first-order valence-electron chi connectivity index (χ1n) is 7.79. The Hall–Kier alpha value is -2.11. The summed E-state index contributed by atoms with van der Waals surface area (Å²) in [5.41, 5.74) is 1.89. The maximum atomic E-state index is 12.1. The molecular formula is C18H18Cl2N2O3. The number of pyridine rings is 1. The molecule has 0 radical (unpaired) electrons. The lowest BCUT2D eigenvalue weighted by Crippen LogP contribution is -2.21. The number of anilines is 1. The summed E-state index contributed by atoms with van der Waals surface area (Å²) in [6.45, 7) is 3.75. The molecule has 0 spiro atoms. The molecular weight excluding hydrogens is 363 g/mol. The summed E-state index contributed by atoms with van der Waals surface area (Å²) in [4.78, 5) is 27.8. The summed E-state index contributed by atoms with van der Waals surface area (Å²) in [5.74, 6) is -0.813. The van der Waals surface area contributed by atoms with Crippen LogP contribution >= 0.6 is 23.2 Å². The van der Waals surface area contributed by atoms with Gasteiger partial charge in [0.2, 0.25) is 0 Å². The molecule has 1 aromatic carbocycles. The summed E-state index contributed by atoms with van der Waals surface area (Å²) >= 11 is 11.5. The van der Waals surface area contributed by atoms with Crippen molar-refractivity contribution in [1.82, 2.24) is 4.98 Å². The molecule has 0 aliphatic heterocycles. The van der Waals surface area contributed by atoms with E-state index < -0.39 is 18.5 Å². The lowest BCUT2D eigenvalue weighted by atomic mass is 9.97. The predicted molar refractivity (Wildman–Crippen MR) is 98.3 cm³/mol. The number of para-hydroxylation sites is 1. The number of esters is 1. The normalized spacial score (nSPS) is 11.7. The second kappa shape index (κ2) is 8.83. The van der Waals surface area contributed by atoms with Crippen molar-refractivity contribution in [3.8, 4) is 0 Å². The van der Waals surface area contributed by atoms with Crippen molar-refractivity contribution in [2.75, 3.05) is 11.9 Å². The molecule has 7 heteroatoms. The Bertz CT molecular complexity index is 760. The van der Waals surface area contributed by atoms with Gasteiger partial charge in [-0.15, -0.1) is 0 Å². The highest BCUT2D eigenvalue weighted by Gasteiger charge is 2.14. The first-order chi connectivity index (χ1) is 11.9. The quantitative estimate of drug-likeness (QED) is 0.582. The van der Waals surface area contributed by atoms with Crippen LogP contribution in [0.1, 0.15) is 42.1 Å². The van der Waals surface area contributed by atoms with Crippen molar-refractivity contribution in [1.29, 1.82) is 0 Å². The summed E-state index contributed by atoms with van der Waals surface area (Å²) in [5, 5.41) is 2.93. The number of carbonyl (C=O) groups is 2. The van der Waals surface area contributed by atoms with Gasteiger partial charge in [-0.3, -0.25) is 4.79 Å². The van der Waals surface area contributed by atoms with Crippen molar-refractivity contribution < 1.29 is 14.3 Å². The van der Waals surface area contributed by atoms with E-state index in [4.69, 9.17) is 27.9 Å². The van der Waals surface area contributed by atoms with Gasteiger partial charge in [-0.05, 0) is 36.1 Å². The van der Waals surface area contributed by atoms with Gasteiger partial charge in [-0.25, -0.2) is 9.78 Å². The van der Waals surface area contributed by atoms with Crippen LogP contribution in [0.25, 0.3) is 0 Å². The predicted octanol–water partition coefficient (Wildman–Crippen LogP) is 4.70. The first kappa shape index (κ1) is 19.2. The number of hydrogen-bond donors (Lipinski definition) is 1. The lowest BCUT2D eigenvalue weighted by Gasteiger charge is -2.15. The molecule has 0 fully saturated rings. The Balaban J connectivity index is 1.98. The molecule has 1 heterocycles. The van der Waals surface area contributed by atoms with Gasteiger partial charge in [0.05, 0.1) is 5.56 Å². The second-order valence-corrected chi connectivity index (χ2v) is 6.30. The van der Waals surface area contributed by atoms with Gasteiger partial charge in [-0.1, -0.05) is 55.2 Å². The minimum absolute atomic E-state index is 0.0754. The SMILES string of the molecule is CCC(C)c1ccccc1NC(=O)COC(=O)c1cc(Cl)nc(Cl)c1. The molecule has 2 rings (SSSR count). The van der Waals surface area contributed by atoms with Gasteiger partial charge < -0.3 is 10.1 Å². The Labute approximate surface area is 156 Å². The van der Waals surface area contributed by atoms with Crippen molar-refractivity contribution >= 4 is 40.8 Å². The average Bonchev–Trinajstić information content (AvgIpc) is 2.58. The molecule has 0 aliphatic carbocycles. The van der Waals surface area contributed by atoms with E-state index in [0.717, 1.165) is 12.0 Å². The van der Waals surface area contributed by atoms with Crippen LogP contribution in [0.2, 0.25) is 10.3 Å². The summed E-state index contributed by atoms with van der Waals surface area (Å²) in [6, 6.07) is 10.2. The Morgan fingerprint density at radius 2 is 1.84 bits per heavy atom. The average molecular weight is 381 g/mol. The zero-order valence-electron chi connectivity index (χ0n) is 13.9. The molecule has 1 aromatic heterocycles. The van der Waals surface area contributed by atoms with Crippen molar-refractivity contribution in [2.45, 2.75) is 26.2 Å². The third kappa shape index (κ3) is 5.44. The van der Waals surface area contributed by atoms with Crippen LogP contribution in [0.3, 0.4) is 0 Å². The maximum Gasteiger partial charge on any atom is 0.338 e. The van der Waals surface area contributed by atoms with Gasteiger partial charge in [0.15, 0.2) is 6.61 Å². The van der Waals surface area contributed by atoms with Crippen molar-refractivity contribution in [3.05, 3.63) is 57.8 Å². The van der Waals surface area contributed by atoms with Crippen LogP contribution in [-0.2, 0) is 9.53 Å². The van der Waals surface area contributed by atoms with Gasteiger partial charge in [-0.2, -0.15) is 0 Å². The maximum absolute atomic E-state index is 12.1. The van der Waals surface area contributed by atoms with E-state index in [9.17, 15) is 9.59 Å². The summed E-state index contributed by atoms with van der Waals surface area (Å²) in [6.07, 6.45) is 0.950. The molecule has 132 valence electrons. The summed E-state index contributed by atoms with van der Waals surface area (Å²) in [7, 11) is 0. The van der Waals surface area contributed by atoms with Gasteiger partial charge in [0.25, 0.3) is 5.91 Å². The van der Waals surface area contributed by atoms with E-state index in [1.54, 1.807) is 0 Å². The number of nitrogens with one attached hydrogen (secondary N) is 1. The Kier molecular flexibility index (Phi) is 6.79. The number of nitrogens with zero attached hydrogens (tertiary/aromatic N) is 1. The highest BCUT2D eigenvalue weighted by Crippen LogP contribution is 2.26. The monoisotopic (exact) mass is 380 g/mol. The minimum Gasteiger partial charge on any atom is -0.452 e. The fourth-order valence-electron chi connectivity index (χ4n) is 2.24. The number of carbonyl (C=O) groups excluding carboxylic acids is 2. The van der Waals surface area contributed by atoms with E-state index >= 15 is 0 Å². The van der Waals surface area contributed by atoms with Gasteiger partial charge >= 0.3 is 5.97 Å². The van der Waals surface area contributed by atoms with Gasteiger partial charge in [0, 0.05) is 5.69 Å². The molecule has 1 N–H and O–H groups in total. The lowest BCUT2D eigenvalue weighted by molar-refractivity contribution is -0.119. The molecule has 0 saturated heterocycles. The second-order valence-electron chi connectivity index (χ2n) is 5.52. The molecule has 1 unspecified atom stereocenters. The largest absolute Gasteiger partial charge is 0.452 e. The number of aromatic nitrogens is 1. The molecule has 1 amide bonds. The van der Waals surface area contributed by atoms with Crippen LogP contribution in [0.15, 0.2) is 36.4 Å². The van der Waals surface area contributed by atoms with E-state index in [0.29, 0.717) is 11.6 Å². The number of halogens is 2. The van der Waals surface area contributed by atoms with Crippen LogP contribution in [0.4, 0.5) is 5.69 Å². The Morgan fingerprint density at radius 1 is 1.20 bits per heavy atom. The Morgan fingerprint density at radius 3 is 2.48 bits per heavy atom. The number of ether oxygens (including phenoxy) is 1. The van der Waals surface area contributed by atoms with E-state index in [1.165, 1.54) is 12.1 Å². The number of rotatable bonds is 6. The molecule has 0 aliphatic rings. The van der Waals surface area contributed by atoms with Crippen LogP contribution in [-0.4, -0.2) is 23.5 Å². The molecule has 2 aromatic rings. The standard InChI is InChI=1S/C18H18Cl2N2O3/c1-3-11(2)13-6-4-5-7-14(13)21-17(23)10-25-18(24)12-8-15(19)22-16(20)9-12/h4-9,11H,3,10H2,1-2H3,(H,21,23). The number of hydrogen-bond acceptors (Lipinski definition) is 4. The summed E-state index contributed by atoms with van der Waals surface area (Å²) < 4.78 is 5.00. The minimum atomic E-state index is -0.698. The topological polar surface area (TPSA) is 68.3 Å². The van der Waals surface area contributed by atoms with E-state index in [-0.39, 0.29) is 15.9 Å². The first-order valence-corrected chi connectivity index (χ1v) is 8.55. The molecule has 0 saturated carbocycles. The van der Waals surface area contributed by atoms with Crippen molar-refractivity contribution in [2.24, 2.45) is 0 Å². The molecule has 1 atom stereocenters. The zero-order chi connectivity index (χ0) is 18.4. The highest BCUT2D eigenvalue weighted by atomic mass is 35.5. The fourth-order valence-corrected chi connectivity index (χ4v) is 2.70. The number of benzene rings is 1. The van der Waals surface area contributed by atoms with Crippen LogP contribution in [0, 0.1) is 0 Å². The van der Waals surface area contributed by atoms with Gasteiger partial charge in [0.1, 0.15) is 10.3 Å². The van der Waals surface area contributed by atoms with Crippen LogP contribution < -0.4 is 5.32 Å². The molecule has 5 nitrogen and oxygen atoms in total. The molecule has 0 bridgehead atoms. The van der Waals surface area contributed by atoms with E-state index in [1.807, 2.05) is 24.3 Å². The highest BCUT2D eigenvalue weighted by molar-refractivity contribution is 6.32. The molecule has 25 heavy (non-hydrogen) atoms. The van der Waals surface area contributed by atoms with E-state index in [2.05, 4.69) is 24.1 Å². The third-order valence-corrected chi connectivity index (χ3v) is 4.10.